The molecule has 0 amide bonds. The zero-order valence-corrected chi connectivity index (χ0v) is 11.6. The minimum Gasteiger partial charge on any atom is -0.396 e. The summed E-state index contributed by atoms with van der Waals surface area (Å²) in [4.78, 5) is 0. The molecule has 0 heterocycles. The Morgan fingerprint density at radius 2 is 1.94 bits per heavy atom. The van der Waals surface area contributed by atoms with E-state index in [-0.39, 0.29) is 0 Å². The summed E-state index contributed by atoms with van der Waals surface area (Å²) in [5.41, 5.74) is -0.133. The standard InChI is InChI=1S/C15H28O2/c1-14(2,17)12-6-8-15(3)7-4-5-11(10-16)13(15)9-12/h11-13,16-17H,4-10H2,1-3H3/t11-,12-,13+,15-/m1/s1. The van der Waals surface area contributed by atoms with Crippen LogP contribution in [-0.4, -0.2) is 22.4 Å². The van der Waals surface area contributed by atoms with Crippen LogP contribution in [0.15, 0.2) is 0 Å². The molecule has 0 aromatic heterocycles. The van der Waals surface area contributed by atoms with Crippen LogP contribution in [0.4, 0.5) is 0 Å². The number of aliphatic hydroxyl groups excluding tert-OH is 1. The summed E-state index contributed by atoms with van der Waals surface area (Å²) < 4.78 is 0. The Bertz CT molecular complexity index is 269. The number of fused-ring (bicyclic) bond motifs is 1. The molecular formula is C15H28O2. The fraction of sp³-hybridized carbons (Fsp3) is 1.00. The fourth-order valence-corrected chi connectivity index (χ4v) is 4.30. The highest BCUT2D eigenvalue weighted by Crippen LogP contribution is 2.55. The molecule has 0 saturated heterocycles. The van der Waals surface area contributed by atoms with Crippen LogP contribution in [0.1, 0.15) is 59.3 Å². The van der Waals surface area contributed by atoms with Gasteiger partial charge in [-0.25, -0.2) is 0 Å². The van der Waals surface area contributed by atoms with Crippen molar-refractivity contribution in [2.75, 3.05) is 6.61 Å². The van der Waals surface area contributed by atoms with Crippen molar-refractivity contribution in [3.8, 4) is 0 Å². The second kappa shape index (κ2) is 4.55. The molecule has 0 aliphatic heterocycles. The highest BCUT2D eigenvalue weighted by atomic mass is 16.3. The topological polar surface area (TPSA) is 40.5 Å². The summed E-state index contributed by atoms with van der Waals surface area (Å²) in [6.07, 6.45) is 7.23. The summed E-state index contributed by atoms with van der Waals surface area (Å²) in [7, 11) is 0. The highest BCUT2D eigenvalue weighted by Gasteiger charge is 2.47. The Morgan fingerprint density at radius 1 is 1.24 bits per heavy atom. The third-order valence-electron chi connectivity index (χ3n) is 5.62. The van der Waals surface area contributed by atoms with E-state index in [9.17, 15) is 10.2 Å². The van der Waals surface area contributed by atoms with Gasteiger partial charge in [-0.15, -0.1) is 0 Å². The van der Waals surface area contributed by atoms with Crippen LogP contribution in [0, 0.1) is 23.2 Å². The Labute approximate surface area is 105 Å². The minimum absolute atomic E-state index is 0.332. The first-order valence-corrected chi connectivity index (χ1v) is 7.20. The third kappa shape index (κ3) is 2.53. The van der Waals surface area contributed by atoms with Gasteiger partial charge in [0, 0.05) is 6.61 Å². The van der Waals surface area contributed by atoms with Gasteiger partial charge in [0.2, 0.25) is 0 Å². The van der Waals surface area contributed by atoms with Gasteiger partial charge in [0.1, 0.15) is 0 Å². The predicted octanol–water partition coefficient (Wildman–Crippen LogP) is 2.97. The smallest absolute Gasteiger partial charge is 0.0619 e. The Balaban J connectivity index is 2.14. The summed E-state index contributed by atoms with van der Waals surface area (Å²) in [6.45, 7) is 6.62. The lowest BCUT2D eigenvalue weighted by Crippen LogP contribution is -2.47. The van der Waals surface area contributed by atoms with Gasteiger partial charge in [-0.05, 0) is 69.1 Å². The summed E-state index contributed by atoms with van der Waals surface area (Å²) in [5, 5.41) is 19.8. The number of aliphatic hydroxyl groups is 2. The first kappa shape index (κ1) is 13.4. The van der Waals surface area contributed by atoms with Gasteiger partial charge in [-0.3, -0.25) is 0 Å². The number of hydrogen-bond acceptors (Lipinski definition) is 2. The normalized spacial score (nSPS) is 43.2. The van der Waals surface area contributed by atoms with Gasteiger partial charge < -0.3 is 10.2 Å². The van der Waals surface area contributed by atoms with E-state index in [0.717, 1.165) is 12.8 Å². The molecular weight excluding hydrogens is 212 g/mol. The average molecular weight is 240 g/mol. The molecule has 2 fully saturated rings. The molecule has 2 rings (SSSR count). The lowest BCUT2D eigenvalue weighted by atomic mass is 9.53. The zero-order valence-electron chi connectivity index (χ0n) is 11.6. The summed E-state index contributed by atoms with van der Waals surface area (Å²) >= 11 is 0. The molecule has 2 aliphatic carbocycles. The quantitative estimate of drug-likeness (QED) is 0.779. The van der Waals surface area contributed by atoms with E-state index in [4.69, 9.17) is 0 Å². The molecule has 0 bridgehead atoms. The van der Waals surface area contributed by atoms with Crippen molar-refractivity contribution in [1.29, 1.82) is 0 Å². The molecule has 2 N–H and O–H groups in total. The second-order valence-corrected chi connectivity index (χ2v) is 7.22. The first-order chi connectivity index (χ1) is 7.87. The molecule has 4 atom stereocenters. The van der Waals surface area contributed by atoms with Gasteiger partial charge in [0.15, 0.2) is 0 Å². The molecule has 2 heteroatoms. The average Bonchev–Trinajstić information content (AvgIpc) is 2.25. The molecule has 2 aliphatic rings. The van der Waals surface area contributed by atoms with E-state index in [2.05, 4.69) is 6.92 Å². The van der Waals surface area contributed by atoms with E-state index in [0.29, 0.717) is 29.8 Å². The van der Waals surface area contributed by atoms with E-state index in [1.807, 2.05) is 13.8 Å². The van der Waals surface area contributed by atoms with Crippen LogP contribution in [0.5, 0.6) is 0 Å². The molecule has 17 heavy (non-hydrogen) atoms. The Morgan fingerprint density at radius 3 is 2.53 bits per heavy atom. The molecule has 2 nitrogen and oxygen atoms in total. The van der Waals surface area contributed by atoms with Crippen molar-refractivity contribution < 1.29 is 10.2 Å². The van der Waals surface area contributed by atoms with Crippen LogP contribution in [-0.2, 0) is 0 Å². The highest BCUT2D eigenvalue weighted by molar-refractivity contribution is 4.98. The fourth-order valence-electron chi connectivity index (χ4n) is 4.30. The Kier molecular flexibility index (Phi) is 3.57. The zero-order chi connectivity index (χ0) is 12.7. The van der Waals surface area contributed by atoms with Gasteiger partial charge in [0.05, 0.1) is 5.60 Å². The van der Waals surface area contributed by atoms with Gasteiger partial charge in [-0.1, -0.05) is 13.3 Å². The lowest BCUT2D eigenvalue weighted by molar-refractivity contribution is -0.0795. The van der Waals surface area contributed by atoms with E-state index < -0.39 is 5.60 Å². The number of hydrogen-bond donors (Lipinski definition) is 2. The van der Waals surface area contributed by atoms with Crippen LogP contribution >= 0.6 is 0 Å². The molecule has 2 saturated carbocycles. The van der Waals surface area contributed by atoms with E-state index in [1.54, 1.807) is 0 Å². The lowest BCUT2D eigenvalue weighted by Gasteiger charge is -2.53. The summed E-state index contributed by atoms with van der Waals surface area (Å²) in [6, 6.07) is 0. The molecule has 0 unspecified atom stereocenters. The van der Waals surface area contributed by atoms with Crippen molar-refractivity contribution in [2.45, 2.75) is 64.9 Å². The van der Waals surface area contributed by atoms with Crippen LogP contribution in [0.2, 0.25) is 0 Å². The first-order valence-electron chi connectivity index (χ1n) is 7.20. The SMILES string of the molecule is CC(C)(O)[C@@H]1CC[C@@]2(C)CCC[C@H](CO)[C@@H]2C1. The molecule has 0 aromatic rings. The van der Waals surface area contributed by atoms with Crippen LogP contribution in [0.25, 0.3) is 0 Å². The van der Waals surface area contributed by atoms with Crippen molar-refractivity contribution in [3.05, 3.63) is 0 Å². The number of rotatable bonds is 2. The van der Waals surface area contributed by atoms with Crippen molar-refractivity contribution in [1.82, 2.24) is 0 Å². The molecule has 100 valence electrons. The van der Waals surface area contributed by atoms with Crippen molar-refractivity contribution in [3.63, 3.8) is 0 Å². The van der Waals surface area contributed by atoms with Crippen molar-refractivity contribution >= 4 is 0 Å². The molecule has 0 aromatic carbocycles. The predicted molar refractivity (Wildman–Crippen MR) is 69.7 cm³/mol. The Hall–Kier alpha value is -0.0800. The minimum atomic E-state index is -0.557. The maximum atomic E-state index is 10.2. The maximum Gasteiger partial charge on any atom is 0.0619 e. The largest absolute Gasteiger partial charge is 0.396 e. The van der Waals surface area contributed by atoms with E-state index >= 15 is 0 Å². The van der Waals surface area contributed by atoms with Gasteiger partial charge >= 0.3 is 0 Å². The van der Waals surface area contributed by atoms with Gasteiger partial charge in [-0.2, -0.15) is 0 Å². The van der Waals surface area contributed by atoms with Crippen LogP contribution in [0.3, 0.4) is 0 Å². The molecule has 0 spiro atoms. The summed E-state index contributed by atoms with van der Waals surface area (Å²) in [5.74, 6) is 1.50. The van der Waals surface area contributed by atoms with Crippen LogP contribution < -0.4 is 0 Å². The van der Waals surface area contributed by atoms with Crippen molar-refractivity contribution in [2.24, 2.45) is 23.2 Å². The van der Waals surface area contributed by atoms with Gasteiger partial charge in [0.25, 0.3) is 0 Å². The maximum absolute atomic E-state index is 10.2. The van der Waals surface area contributed by atoms with E-state index in [1.165, 1.54) is 25.7 Å². The monoisotopic (exact) mass is 240 g/mol. The molecule has 0 radical (unpaired) electrons. The second-order valence-electron chi connectivity index (χ2n) is 7.22. The third-order valence-corrected chi connectivity index (χ3v) is 5.62.